The molecule has 0 fully saturated rings. The molecule has 9 nitrogen and oxygen atoms in total. The second-order valence-corrected chi connectivity index (χ2v) is 11.5. The molecule has 0 bridgehead atoms. The normalized spacial score (nSPS) is 16.5. The van der Waals surface area contributed by atoms with Crippen LogP contribution in [0.4, 0.5) is 32.0 Å². The summed E-state index contributed by atoms with van der Waals surface area (Å²) in [4.78, 5) is 48.5. The van der Waals surface area contributed by atoms with Crippen molar-refractivity contribution in [2.45, 2.75) is 64.0 Å². The van der Waals surface area contributed by atoms with Crippen molar-refractivity contribution < 1.29 is 45.8 Å². The number of carbonyl (C=O) groups excluding carboxylic acids is 3. The lowest BCUT2D eigenvalue weighted by Crippen LogP contribution is -2.51. The van der Waals surface area contributed by atoms with Gasteiger partial charge in [-0.2, -0.15) is 26.3 Å². The number of amides is 3. The number of aliphatic hydroxyl groups excluding tert-OH is 1. The van der Waals surface area contributed by atoms with Crippen molar-refractivity contribution in [2.24, 2.45) is 16.8 Å². The zero-order valence-corrected chi connectivity index (χ0v) is 26.8. The fourth-order valence-electron chi connectivity index (χ4n) is 5.52. The number of nitrogens with one attached hydrogen (secondary N) is 2. The first kappa shape index (κ1) is 38.5. The van der Waals surface area contributed by atoms with Gasteiger partial charge in [0.05, 0.1) is 18.1 Å². The van der Waals surface area contributed by atoms with E-state index in [0.717, 1.165) is 0 Å². The Balaban J connectivity index is 2.00. The summed E-state index contributed by atoms with van der Waals surface area (Å²) in [7, 11) is 1.46. The Morgan fingerprint density at radius 2 is 1.54 bits per heavy atom. The number of benzodiazepines with no additional fused rings is 1. The minimum Gasteiger partial charge on any atom is -0.396 e. The zero-order valence-electron chi connectivity index (χ0n) is 26.8. The molecule has 264 valence electrons. The number of benzene rings is 2. The molecule has 1 aliphatic heterocycles. The largest absolute Gasteiger partial charge is 0.396 e. The second kappa shape index (κ2) is 17.4. The molecule has 1 aliphatic rings. The molecule has 2 aromatic carbocycles. The Morgan fingerprint density at radius 1 is 0.917 bits per heavy atom. The maximum atomic E-state index is 13.9. The van der Waals surface area contributed by atoms with Crippen LogP contribution < -0.4 is 15.5 Å². The number of nitrogens with zero attached hydrogens (tertiary/aromatic N) is 3. The van der Waals surface area contributed by atoms with E-state index in [1.807, 2.05) is 0 Å². The van der Waals surface area contributed by atoms with E-state index in [4.69, 9.17) is 5.11 Å². The molecule has 3 atom stereocenters. The lowest BCUT2D eigenvalue weighted by molar-refractivity contribution is -0.148. The van der Waals surface area contributed by atoms with E-state index < -0.39 is 80.2 Å². The number of aliphatic imine (C=N–C) groups is 1. The summed E-state index contributed by atoms with van der Waals surface area (Å²) in [6.07, 6.45) is -15.4. The number of rotatable bonds is 16. The third-order valence-electron chi connectivity index (χ3n) is 8.10. The topological polar surface area (TPSA) is 114 Å². The summed E-state index contributed by atoms with van der Waals surface area (Å²) < 4.78 is 79.7. The Morgan fingerprint density at radius 3 is 2.17 bits per heavy atom. The highest BCUT2D eigenvalue weighted by Crippen LogP contribution is 2.33. The van der Waals surface area contributed by atoms with E-state index in [2.05, 4.69) is 15.6 Å². The fourth-order valence-corrected chi connectivity index (χ4v) is 5.52. The van der Waals surface area contributed by atoms with Crippen molar-refractivity contribution in [3.05, 3.63) is 65.7 Å². The number of hydrogen-bond donors (Lipinski definition) is 3. The van der Waals surface area contributed by atoms with Crippen LogP contribution in [0.25, 0.3) is 0 Å². The average molecular weight is 686 g/mol. The maximum absolute atomic E-state index is 13.9. The van der Waals surface area contributed by atoms with Gasteiger partial charge in [-0.15, -0.1) is 0 Å². The third-order valence-corrected chi connectivity index (χ3v) is 8.10. The first-order valence-electron chi connectivity index (χ1n) is 15.7. The number of alkyl halides is 6. The number of para-hydroxylation sites is 1. The van der Waals surface area contributed by atoms with Crippen molar-refractivity contribution in [1.29, 1.82) is 0 Å². The van der Waals surface area contributed by atoms with E-state index in [0.29, 0.717) is 42.0 Å². The number of aliphatic hydroxyl groups is 1. The summed E-state index contributed by atoms with van der Waals surface area (Å²) in [5, 5.41) is 14.1. The molecule has 0 saturated carbocycles. The first-order valence-corrected chi connectivity index (χ1v) is 15.7. The van der Waals surface area contributed by atoms with Crippen LogP contribution in [0.15, 0.2) is 59.6 Å². The summed E-state index contributed by atoms with van der Waals surface area (Å²) in [5.41, 5.74) is 1.95. The predicted molar refractivity (Wildman–Crippen MR) is 168 cm³/mol. The number of carbonyl (C=O) groups is 3. The molecule has 48 heavy (non-hydrogen) atoms. The van der Waals surface area contributed by atoms with E-state index in [1.165, 1.54) is 11.9 Å². The lowest BCUT2D eigenvalue weighted by atomic mass is 9.83. The molecule has 2 aromatic rings. The van der Waals surface area contributed by atoms with Gasteiger partial charge in [-0.25, -0.2) is 4.99 Å². The van der Waals surface area contributed by atoms with E-state index in [-0.39, 0.29) is 13.3 Å². The van der Waals surface area contributed by atoms with Crippen LogP contribution in [0.2, 0.25) is 0 Å². The molecule has 0 radical (unpaired) electrons. The van der Waals surface area contributed by atoms with Crippen molar-refractivity contribution in [2.75, 3.05) is 38.3 Å². The highest BCUT2D eigenvalue weighted by molar-refractivity contribution is 6.20. The quantitative estimate of drug-likeness (QED) is 0.170. The van der Waals surface area contributed by atoms with Crippen molar-refractivity contribution >= 4 is 29.1 Å². The van der Waals surface area contributed by atoms with Crippen molar-refractivity contribution in [3.8, 4) is 0 Å². The monoisotopic (exact) mass is 685 g/mol. The highest BCUT2D eigenvalue weighted by atomic mass is 19.4. The zero-order chi connectivity index (χ0) is 35.5. The molecule has 0 aliphatic carbocycles. The number of halogens is 6. The van der Waals surface area contributed by atoms with E-state index >= 15 is 0 Å². The maximum Gasteiger partial charge on any atom is 0.389 e. The van der Waals surface area contributed by atoms with Crippen LogP contribution in [-0.2, 0) is 14.4 Å². The summed E-state index contributed by atoms with van der Waals surface area (Å²) in [6, 6.07) is 15.6. The van der Waals surface area contributed by atoms with Crippen molar-refractivity contribution in [1.82, 2.24) is 15.5 Å². The smallest absolute Gasteiger partial charge is 0.389 e. The molecule has 3 amide bonds. The second-order valence-electron chi connectivity index (χ2n) is 11.5. The van der Waals surface area contributed by atoms with E-state index in [1.54, 1.807) is 66.4 Å². The van der Waals surface area contributed by atoms with Gasteiger partial charge in [0.1, 0.15) is 0 Å². The Kier molecular flexibility index (Phi) is 14.0. The molecule has 3 rings (SSSR count). The lowest BCUT2D eigenvalue weighted by Gasteiger charge is -2.29. The Labute approximate surface area is 275 Å². The van der Waals surface area contributed by atoms with Gasteiger partial charge in [-0.05, 0) is 38.3 Å². The fraction of sp³-hybridized carbons (Fsp3) is 0.515. The van der Waals surface area contributed by atoms with E-state index in [9.17, 15) is 40.7 Å². The number of likely N-dealkylation sites (N-methyl/N-ethyl adjacent to an activating group) is 1. The molecule has 0 spiro atoms. The van der Waals surface area contributed by atoms with Gasteiger partial charge in [-0.1, -0.05) is 55.5 Å². The molecule has 0 saturated heterocycles. The van der Waals surface area contributed by atoms with Crippen LogP contribution in [0.3, 0.4) is 0 Å². The van der Waals surface area contributed by atoms with Gasteiger partial charge in [0.2, 0.25) is 18.0 Å². The van der Waals surface area contributed by atoms with Crippen LogP contribution in [-0.4, -0.2) is 85.4 Å². The molecular formula is C33H41F6N5O4. The van der Waals surface area contributed by atoms with Gasteiger partial charge in [0, 0.05) is 56.0 Å². The molecule has 0 aromatic heterocycles. The molecule has 3 N–H and O–H groups in total. The van der Waals surface area contributed by atoms with Gasteiger partial charge >= 0.3 is 12.4 Å². The van der Waals surface area contributed by atoms with Crippen LogP contribution in [0.1, 0.15) is 56.6 Å². The van der Waals surface area contributed by atoms with Crippen LogP contribution >= 0.6 is 0 Å². The van der Waals surface area contributed by atoms with Crippen LogP contribution in [0.5, 0.6) is 0 Å². The average Bonchev–Trinajstić information content (AvgIpc) is 3.14. The first-order chi connectivity index (χ1) is 22.6. The molecule has 3 unspecified atom stereocenters. The summed E-state index contributed by atoms with van der Waals surface area (Å²) in [6.45, 7) is 2.29. The van der Waals surface area contributed by atoms with Gasteiger partial charge in [-0.3, -0.25) is 19.3 Å². The minimum atomic E-state index is -4.72. The number of anilines is 1. The van der Waals surface area contributed by atoms with Crippen molar-refractivity contribution in [3.63, 3.8) is 0 Å². The molecular weight excluding hydrogens is 644 g/mol. The highest BCUT2D eigenvalue weighted by Gasteiger charge is 2.40. The Bertz CT molecular complexity index is 1400. The summed E-state index contributed by atoms with van der Waals surface area (Å²) in [5.74, 6) is -6.04. The van der Waals surface area contributed by atoms with Crippen LogP contribution in [0, 0.1) is 11.8 Å². The number of hydrogen-bond acceptors (Lipinski definition) is 6. The number of fused-ring (bicyclic) bond motifs is 1. The summed E-state index contributed by atoms with van der Waals surface area (Å²) >= 11 is 0. The van der Waals surface area contributed by atoms with Gasteiger partial charge in [0.15, 0.2) is 0 Å². The minimum absolute atomic E-state index is 0.121. The Hall–Kier alpha value is -3.98. The van der Waals surface area contributed by atoms with Gasteiger partial charge in [0.25, 0.3) is 5.91 Å². The molecule has 15 heteroatoms. The predicted octanol–water partition coefficient (Wildman–Crippen LogP) is 5.03. The molecule has 1 heterocycles. The third kappa shape index (κ3) is 11.3. The standard InChI is InChI=1S/C33H41F6N5O4/c1-3-44(19-10-20-45)21-40-29(46)24(16-18-33(37,38)39)23(14-9-17-32(34,35)36)30(47)42-28-31(48)43(2)26-15-8-7-13-25(26)27(41-28)22-11-5-4-6-12-22/h4-8,11-13,15,23-24,28,45H,3,9-10,14,16-21H2,1-2H3,(H,40,46)(H,42,47). The SMILES string of the molecule is CCN(CCCO)CNC(=O)C(CCC(F)(F)F)C(CCCC(F)(F)F)C(=O)NC1N=C(c2ccccc2)c2ccccc2N(C)C1=O. The van der Waals surface area contributed by atoms with Gasteiger partial charge < -0.3 is 20.6 Å².